The van der Waals surface area contributed by atoms with Crippen LogP contribution in [0.25, 0.3) is 0 Å². The molecule has 4 aliphatic heterocycles. The molecule has 4 heterocycles. The van der Waals surface area contributed by atoms with E-state index in [0.717, 1.165) is 0 Å². The molecule has 16 nitrogen and oxygen atoms in total. The number of halogens is 6. The normalized spacial score (nSPS) is 18.4. The molecule has 8 rings (SSSR count). The SMILES string of the molecule is CCOC(=O)C12N3Cc4c(OC)ccc(OC)c4CN1C(=O)N1Cc4c(c(NC(=O)c5ccccc5)c(C)c(C)c4NC(=O)c4ccccc4)CN(C3=O)C12C(=O)OCC.ClC(Cl)Cl.ClC(Cl)Cl. The van der Waals surface area contributed by atoms with Crippen molar-refractivity contribution in [1.29, 1.82) is 0 Å². The number of esters is 2. The van der Waals surface area contributed by atoms with Gasteiger partial charge >= 0.3 is 24.0 Å². The summed E-state index contributed by atoms with van der Waals surface area (Å²) in [5, 5.41) is 6.09. The molecule has 6 amide bonds. The van der Waals surface area contributed by atoms with Gasteiger partial charge in [-0.3, -0.25) is 29.2 Å². The second-order valence-electron chi connectivity index (χ2n) is 15.2. The third-order valence-corrected chi connectivity index (χ3v) is 12.0. The number of ether oxygens (including phenoxy) is 4. The Morgan fingerprint density at radius 1 is 0.544 bits per heavy atom. The first-order valence-corrected chi connectivity index (χ1v) is 23.5. The first kappa shape index (κ1) is 52.0. The van der Waals surface area contributed by atoms with E-state index in [1.807, 2.05) is 0 Å². The Hall–Kier alpha value is -5.36. The van der Waals surface area contributed by atoms with Crippen molar-refractivity contribution in [1.82, 2.24) is 19.6 Å². The maximum absolute atomic E-state index is 15.6. The molecule has 0 atom stereocenters. The Morgan fingerprint density at radius 2 is 0.838 bits per heavy atom. The van der Waals surface area contributed by atoms with E-state index < -0.39 is 68.8 Å². The Bertz CT molecular complexity index is 2450. The molecule has 4 aromatic carbocycles. The summed E-state index contributed by atoms with van der Waals surface area (Å²) < 4.78 is 21.6. The van der Waals surface area contributed by atoms with Crippen molar-refractivity contribution in [3.63, 3.8) is 0 Å². The molecule has 0 radical (unpaired) electrons. The van der Waals surface area contributed by atoms with Gasteiger partial charge in [0.25, 0.3) is 23.1 Å². The second kappa shape index (κ2) is 21.5. The first-order valence-electron chi connectivity index (χ1n) is 20.9. The summed E-state index contributed by atoms with van der Waals surface area (Å²) in [6.45, 7) is 4.90. The molecule has 4 aliphatic rings. The predicted molar refractivity (Wildman–Crippen MR) is 259 cm³/mol. The van der Waals surface area contributed by atoms with Gasteiger partial charge in [0.2, 0.25) is 0 Å². The van der Waals surface area contributed by atoms with Gasteiger partial charge in [0.05, 0.1) is 53.6 Å². The van der Waals surface area contributed by atoms with Crippen LogP contribution in [0.1, 0.15) is 67.9 Å². The molecule has 2 saturated heterocycles. The van der Waals surface area contributed by atoms with Crippen LogP contribution < -0.4 is 20.1 Å². The Balaban J connectivity index is 0.000000883. The van der Waals surface area contributed by atoms with Gasteiger partial charge in [-0.15, -0.1) is 0 Å². The number of anilines is 2. The van der Waals surface area contributed by atoms with E-state index in [2.05, 4.69) is 10.6 Å². The van der Waals surface area contributed by atoms with E-state index in [0.29, 0.717) is 67.4 Å². The van der Waals surface area contributed by atoms with Crippen LogP contribution in [-0.2, 0) is 45.2 Å². The summed E-state index contributed by atoms with van der Waals surface area (Å²) in [7, 11) is 2.92. The fourth-order valence-corrected chi connectivity index (χ4v) is 9.19. The maximum Gasteiger partial charge on any atom is 0.358 e. The highest BCUT2D eigenvalue weighted by Gasteiger charge is 2.87. The van der Waals surface area contributed by atoms with Crippen molar-refractivity contribution in [3.05, 3.63) is 117 Å². The minimum atomic E-state index is -2.51. The van der Waals surface area contributed by atoms with Crippen molar-refractivity contribution >= 4 is 117 Å². The van der Waals surface area contributed by atoms with Crippen LogP contribution in [0.2, 0.25) is 0 Å². The number of urea groups is 2. The summed E-state index contributed by atoms with van der Waals surface area (Å²) in [6.07, 6.45) is 0. The number of rotatable bonds is 10. The summed E-state index contributed by atoms with van der Waals surface area (Å²) in [5.74, 6) is -2.30. The zero-order valence-corrected chi connectivity index (χ0v) is 42.0. The number of methoxy groups -OCH3 is 2. The Kier molecular flexibility index (Phi) is 16.5. The molecule has 0 saturated carbocycles. The monoisotopic (exact) mass is 1050 g/mol. The van der Waals surface area contributed by atoms with Crippen LogP contribution in [0.4, 0.5) is 21.0 Å². The number of nitrogens with one attached hydrogen (secondary N) is 2. The molecular formula is C46H46Cl6N6O10. The topological polar surface area (TPSA) is 176 Å². The van der Waals surface area contributed by atoms with Crippen molar-refractivity contribution in [3.8, 4) is 11.5 Å². The summed E-state index contributed by atoms with van der Waals surface area (Å²) in [4.78, 5) is 94.0. The summed E-state index contributed by atoms with van der Waals surface area (Å²) >= 11 is 28.8. The number of amides is 6. The van der Waals surface area contributed by atoms with E-state index in [1.54, 1.807) is 100 Å². The van der Waals surface area contributed by atoms with Gasteiger partial charge < -0.3 is 29.6 Å². The predicted octanol–water partition coefficient (Wildman–Crippen LogP) is 9.52. The molecule has 0 bridgehead atoms. The number of fused-ring (bicyclic) bond motifs is 2. The highest BCUT2D eigenvalue weighted by molar-refractivity contribution is 6.63. The number of nitrogens with zero attached hydrogens (tertiary/aromatic N) is 4. The maximum atomic E-state index is 15.6. The molecular weight excluding hydrogens is 1010 g/mol. The van der Waals surface area contributed by atoms with E-state index in [1.165, 1.54) is 33.8 Å². The van der Waals surface area contributed by atoms with Crippen LogP contribution in [0.15, 0.2) is 72.8 Å². The lowest BCUT2D eigenvalue weighted by molar-refractivity contribution is -0.191. The highest BCUT2D eigenvalue weighted by atomic mass is 35.6. The number of alkyl halides is 6. The van der Waals surface area contributed by atoms with Gasteiger partial charge in [0, 0.05) is 44.8 Å². The van der Waals surface area contributed by atoms with Crippen molar-refractivity contribution in [2.24, 2.45) is 0 Å². The summed E-state index contributed by atoms with van der Waals surface area (Å²) in [6, 6.07) is 18.8. The molecule has 0 unspecified atom stereocenters. The third kappa shape index (κ3) is 9.02. The first-order chi connectivity index (χ1) is 32.4. The van der Waals surface area contributed by atoms with Gasteiger partial charge in [-0.2, -0.15) is 0 Å². The van der Waals surface area contributed by atoms with Gasteiger partial charge in [-0.1, -0.05) is 106 Å². The van der Waals surface area contributed by atoms with Crippen LogP contribution >= 0.6 is 69.6 Å². The Morgan fingerprint density at radius 3 is 1.12 bits per heavy atom. The lowest BCUT2D eigenvalue weighted by atomic mass is 9.90. The number of benzene rings is 4. The van der Waals surface area contributed by atoms with Gasteiger partial charge in [0.15, 0.2) is 8.59 Å². The van der Waals surface area contributed by atoms with Crippen molar-refractivity contribution in [2.75, 3.05) is 38.1 Å². The average Bonchev–Trinajstić information content (AvgIpc) is 3.46. The molecule has 0 aliphatic carbocycles. The lowest BCUT2D eigenvalue weighted by Crippen LogP contribution is -2.75. The molecule has 4 aromatic rings. The number of hydrogen-bond donors (Lipinski definition) is 2. The third-order valence-electron chi connectivity index (χ3n) is 12.0. The zero-order chi connectivity index (χ0) is 49.8. The van der Waals surface area contributed by atoms with Crippen LogP contribution in [0, 0.1) is 13.8 Å². The highest BCUT2D eigenvalue weighted by Crippen LogP contribution is 2.59. The molecule has 0 spiro atoms. The van der Waals surface area contributed by atoms with Crippen molar-refractivity contribution in [2.45, 2.75) is 73.8 Å². The quantitative estimate of drug-likeness (QED) is 0.115. The number of hydrogen-bond acceptors (Lipinski definition) is 10. The molecule has 68 heavy (non-hydrogen) atoms. The van der Waals surface area contributed by atoms with E-state index in [9.17, 15) is 9.59 Å². The molecule has 2 N–H and O–H groups in total. The van der Waals surface area contributed by atoms with Gasteiger partial charge in [0.1, 0.15) is 11.5 Å². The van der Waals surface area contributed by atoms with Crippen LogP contribution in [0.3, 0.4) is 0 Å². The smallest absolute Gasteiger partial charge is 0.358 e. The minimum absolute atomic E-state index is 0.160. The molecule has 2 fully saturated rings. The second-order valence-corrected chi connectivity index (χ2v) is 19.2. The number of carbonyl (C=O) groups is 6. The molecule has 362 valence electrons. The van der Waals surface area contributed by atoms with Crippen LogP contribution in [0.5, 0.6) is 11.5 Å². The zero-order valence-electron chi connectivity index (χ0n) is 37.5. The van der Waals surface area contributed by atoms with E-state index in [-0.39, 0.29) is 26.3 Å². The molecule has 0 aromatic heterocycles. The lowest BCUT2D eigenvalue weighted by Gasteiger charge is -2.43. The standard InChI is InChI=1S/C44H44N6O10.2CHCl3/c1-7-59-39(53)43-44(40(54)60-8-2)49-23-31-32(24-50(44)42(56)48(43)22-30-29(21-47(43)41(49)55)33(57-5)19-20-34(30)58-6)36(46-38(52)28-17-13-10-14-18-28)26(4)25(3)35(31)45-37(51)27-15-11-9-12-16-27;2*2-1(3)4/h9-20H,7-8,21-24H2,1-6H3,(H,45,51)(H,46,52);2*1H. The number of carbonyl (C=O) groups excluding carboxylic acids is 6. The van der Waals surface area contributed by atoms with E-state index in [4.69, 9.17) is 88.6 Å². The largest absolute Gasteiger partial charge is 0.496 e. The van der Waals surface area contributed by atoms with Gasteiger partial charge in [-0.25, -0.2) is 19.2 Å². The molecule has 22 heteroatoms. The fraction of sp³-hybridized carbons (Fsp3) is 0.348. The Labute approximate surface area is 422 Å². The van der Waals surface area contributed by atoms with E-state index >= 15 is 19.2 Å². The fourth-order valence-electron chi connectivity index (χ4n) is 9.19. The van der Waals surface area contributed by atoms with Gasteiger partial charge in [-0.05, 0) is 75.2 Å². The average molecular weight is 1060 g/mol. The summed E-state index contributed by atoms with van der Waals surface area (Å²) in [5.41, 5.74) is -1.01. The van der Waals surface area contributed by atoms with Crippen LogP contribution in [-0.4, -0.2) is 103 Å². The van der Waals surface area contributed by atoms with Crippen molar-refractivity contribution < 1.29 is 47.7 Å². The minimum Gasteiger partial charge on any atom is -0.496 e.